The molecule has 0 aromatic heterocycles. The van der Waals surface area contributed by atoms with Crippen molar-refractivity contribution in [2.24, 2.45) is 5.92 Å². The Morgan fingerprint density at radius 2 is 1.75 bits per heavy atom. The van der Waals surface area contributed by atoms with Crippen molar-refractivity contribution in [2.45, 2.75) is 57.4 Å². The number of nitrogens with zero attached hydrogens (tertiary/aromatic N) is 1. The van der Waals surface area contributed by atoms with Crippen LogP contribution >= 0.6 is 0 Å². The van der Waals surface area contributed by atoms with Gasteiger partial charge in [0.05, 0.1) is 6.54 Å². The maximum Gasteiger partial charge on any atom is 0.234 e. The summed E-state index contributed by atoms with van der Waals surface area (Å²) in [6.07, 6.45) is 10.0. The van der Waals surface area contributed by atoms with Crippen LogP contribution in [-0.4, -0.2) is 50.1 Å². The molecule has 0 unspecified atom stereocenters. The molecular weight excluding hydrogens is 250 g/mol. The fourth-order valence-electron chi connectivity index (χ4n) is 3.51. The fraction of sp³-hybridized carbons (Fsp3) is 0.938. The van der Waals surface area contributed by atoms with E-state index >= 15 is 0 Å². The minimum atomic E-state index is 0.216. The van der Waals surface area contributed by atoms with Crippen molar-refractivity contribution < 1.29 is 4.79 Å². The maximum absolute atomic E-state index is 12.1. The van der Waals surface area contributed by atoms with E-state index in [1.54, 1.807) is 0 Å². The molecule has 1 saturated carbocycles. The molecular formula is C16H31N3O. The molecule has 116 valence electrons. The van der Waals surface area contributed by atoms with Gasteiger partial charge in [-0.25, -0.2) is 0 Å². The Balaban J connectivity index is 1.64. The quantitative estimate of drug-likeness (QED) is 0.755. The second kappa shape index (κ2) is 8.63. The summed E-state index contributed by atoms with van der Waals surface area (Å²) in [5.74, 6) is 0.972. The molecule has 2 fully saturated rings. The van der Waals surface area contributed by atoms with E-state index < -0.39 is 0 Å². The number of carbonyl (C=O) groups excluding carboxylic acids is 1. The van der Waals surface area contributed by atoms with Gasteiger partial charge in [0.1, 0.15) is 0 Å². The molecule has 2 aliphatic rings. The Morgan fingerprint density at radius 3 is 2.40 bits per heavy atom. The van der Waals surface area contributed by atoms with Crippen molar-refractivity contribution in [3.8, 4) is 0 Å². The van der Waals surface area contributed by atoms with Crippen LogP contribution in [0.4, 0.5) is 0 Å². The number of hydrogen-bond donors (Lipinski definition) is 2. The van der Waals surface area contributed by atoms with Gasteiger partial charge in [0, 0.05) is 12.6 Å². The Labute approximate surface area is 123 Å². The van der Waals surface area contributed by atoms with E-state index in [0.717, 1.165) is 25.6 Å². The summed E-state index contributed by atoms with van der Waals surface area (Å²) in [5, 5.41) is 6.63. The Hall–Kier alpha value is -0.610. The van der Waals surface area contributed by atoms with Crippen LogP contribution in [-0.2, 0) is 4.79 Å². The van der Waals surface area contributed by atoms with Gasteiger partial charge in [0.15, 0.2) is 0 Å². The molecule has 4 nitrogen and oxygen atoms in total. The largest absolute Gasteiger partial charge is 0.352 e. The molecule has 20 heavy (non-hydrogen) atoms. The summed E-state index contributed by atoms with van der Waals surface area (Å²) in [7, 11) is 2.08. The first-order valence-corrected chi connectivity index (χ1v) is 8.42. The minimum absolute atomic E-state index is 0.216. The summed E-state index contributed by atoms with van der Waals surface area (Å²) in [6.45, 7) is 3.87. The molecule has 2 rings (SSSR count). The monoisotopic (exact) mass is 281 g/mol. The van der Waals surface area contributed by atoms with Crippen molar-refractivity contribution in [1.29, 1.82) is 0 Å². The first-order valence-electron chi connectivity index (χ1n) is 8.42. The lowest BCUT2D eigenvalue weighted by Gasteiger charge is -2.27. The van der Waals surface area contributed by atoms with Crippen LogP contribution in [0.5, 0.6) is 0 Å². The smallest absolute Gasteiger partial charge is 0.234 e. The van der Waals surface area contributed by atoms with Gasteiger partial charge < -0.3 is 10.6 Å². The predicted octanol–water partition coefficient (Wildman–Crippen LogP) is 1.76. The van der Waals surface area contributed by atoms with Crippen LogP contribution < -0.4 is 10.6 Å². The van der Waals surface area contributed by atoms with Crippen LogP contribution in [0.25, 0.3) is 0 Å². The predicted molar refractivity (Wildman–Crippen MR) is 82.7 cm³/mol. The third kappa shape index (κ3) is 5.80. The molecule has 1 aliphatic heterocycles. The van der Waals surface area contributed by atoms with Crippen LogP contribution in [0.3, 0.4) is 0 Å². The second-order valence-corrected chi connectivity index (χ2v) is 6.65. The van der Waals surface area contributed by atoms with Gasteiger partial charge in [-0.2, -0.15) is 0 Å². The number of piperidine rings is 1. The van der Waals surface area contributed by atoms with E-state index in [2.05, 4.69) is 22.6 Å². The van der Waals surface area contributed by atoms with Gasteiger partial charge in [0.2, 0.25) is 5.91 Å². The van der Waals surface area contributed by atoms with Gasteiger partial charge in [-0.3, -0.25) is 9.69 Å². The Bertz CT molecular complexity index is 281. The first kappa shape index (κ1) is 15.8. The molecule has 1 aliphatic carbocycles. The van der Waals surface area contributed by atoms with Gasteiger partial charge >= 0.3 is 0 Å². The minimum Gasteiger partial charge on any atom is -0.352 e. The SMILES string of the molecule is CN(CC(=O)NC1CCCCCC1)CC1CCNCC1. The normalized spacial score (nSPS) is 22.7. The molecule has 0 radical (unpaired) electrons. The third-order valence-electron chi connectivity index (χ3n) is 4.66. The lowest BCUT2D eigenvalue weighted by atomic mass is 9.98. The third-order valence-corrected chi connectivity index (χ3v) is 4.66. The summed E-state index contributed by atoms with van der Waals surface area (Å²) in [5.41, 5.74) is 0. The van der Waals surface area contributed by atoms with E-state index in [9.17, 15) is 4.79 Å². The summed E-state index contributed by atoms with van der Waals surface area (Å²) in [4.78, 5) is 14.3. The van der Waals surface area contributed by atoms with E-state index in [-0.39, 0.29) is 5.91 Å². The molecule has 1 heterocycles. The first-order chi connectivity index (χ1) is 9.74. The lowest BCUT2D eigenvalue weighted by Crippen LogP contribution is -2.43. The maximum atomic E-state index is 12.1. The number of amides is 1. The lowest BCUT2D eigenvalue weighted by molar-refractivity contribution is -0.122. The highest BCUT2D eigenvalue weighted by molar-refractivity contribution is 5.78. The second-order valence-electron chi connectivity index (χ2n) is 6.65. The average Bonchev–Trinajstić information content (AvgIpc) is 2.68. The molecule has 0 spiro atoms. The Morgan fingerprint density at radius 1 is 1.10 bits per heavy atom. The molecule has 0 bridgehead atoms. The molecule has 1 saturated heterocycles. The zero-order valence-electron chi connectivity index (χ0n) is 13.0. The van der Waals surface area contributed by atoms with Gasteiger partial charge in [0.25, 0.3) is 0 Å². The molecule has 2 N–H and O–H groups in total. The molecule has 0 atom stereocenters. The fourth-order valence-corrected chi connectivity index (χ4v) is 3.51. The number of likely N-dealkylation sites (N-methyl/N-ethyl adjacent to an activating group) is 1. The average molecular weight is 281 g/mol. The highest BCUT2D eigenvalue weighted by Gasteiger charge is 2.18. The Kier molecular flexibility index (Phi) is 6.80. The summed E-state index contributed by atoms with van der Waals surface area (Å²) < 4.78 is 0. The van der Waals surface area contributed by atoms with Crippen molar-refractivity contribution in [2.75, 3.05) is 33.2 Å². The number of carbonyl (C=O) groups is 1. The van der Waals surface area contributed by atoms with Crippen LogP contribution in [0, 0.1) is 5.92 Å². The van der Waals surface area contributed by atoms with Crippen molar-refractivity contribution in [3.05, 3.63) is 0 Å². The highest BCUT2D eigenvalue weighted by atomic mass is 16.2. The standard InChI is InChI=1S/C16H31N3O/c1-19(12-14-8-10-17-11-9-14)13-16(20)18-15-6-4-2-3-5-7-15/h14-15,17H,2-13H2,1H3,(H,18,20). The highest BCUT2D eigenvalue weighted by Crippen LogP contribution is 2.17. The molecule has 4 heteroatoms. The zero-order valence-corrected chi connectivity index (χ0v) is 13.0. The molecule has 1 amide bonds. The summed E-state index contributed by atoms with van der Waals surface area (Å²) >= 11 is 0. The van der Waals surface area contributed by atoms with Crippen LogP contribution in [0.1, 0.15) is 51.4 Å². The van der Waals surface area contributed by atoms with Crippen molar-refractivity contribution >= 4 is 5.91 Å². The molecule has 0 aromatic carbocycles. The molecule has 0 aromatic rings. The number of hydrogen-bond acceptors (Lipinski definition) is 3. The van der Waals surface area contributed by atoms with Crippen LogP contribution in [0.2, 0.25) is 0 Å². The topological polar surface area (TPSA) is 44.4 Å². The van der Waals surface area contributed by atoms with Gasteiger partial charge in [-0.05, 0) is 51.7 Å². The van der Waals surface area contributed by atoms with E-state index in [1.165, 1.54) is 51.4 Å². The zero-order chi connectivity index (χ0) is 14.2. The van der Waals surface area contributed by atoms with Gasteiger partial charge in [-0.1, -0.05) is 25.7 Å². The van der Waals surface area contributed by atoms with Crippen molar-refractivity contribution in [3.63, 3.8) is 0 Å². The van der Waals surface area contributed by atoms with E-state index in [0.29, 0.717) is 12.6 Å². The van der Waals surface area contributed by atoms with Crippen LogP contribution in [0.15, 0.2) is 0 Å². The van der Waals surface area contributed by atoms with E-state index in [4.69, 9.17) is 0 Å². The number of rotatable bonds is 5. The van der Waals surface area contributed by atoms with Gasteiger partial charge in [-0.15, -0.1) is 0 Å². The summed E-state index contributed by atoms with van der Waals surface area (Å²) in [6, 6.07) is 0.428. The van der Waals surface area contributed by atoms with Crippen molar-refractivity contribution in [1.82, 2.24) is 15.5 Å². The van der Waals surface area contributed by atoms with E-state index in [1.807, 2.05) is 0 Å². The number of nitrogens with one attached hydrogen (secondary N) is 2.